The zero-order valence-electron chi connectivity index (χ0n) is 12.3. The maximum atomic E-state index is 12.7. The molecule has 0 bridgehead atoms. The second-order valence-corrected chi connectivity index (χ2v) is 7.10. The van der Waals surface area contributed by atoms with Crippen molar-refractivity contribution in [3.63, 3.8) is 0 Å². The molecule has 2 N–H and O–H groups in total. The minimum Gasteiger partial charge on any atom is -0.329 e. The van der Waals surface area contributed by atoms with Crippen LogP contribution < -0.4 is 5.73 Å². The SMILES string of the molecule is Cc1ccc(S(=O)(=O)N2CCCCC2CN)cc1[N+](=O)[O-].Cl. The minimum absolute atomic E-state index is 0. The molecule has 1 unspecified atom stereocenters. The van der Waals surface area contributed by atoms with Gasteiger partial charge in [-0.1, -0.05) is 12.5 Å². The Morgan fingerprint density at radius 3 is 2.68 bits per heavy atom. The number of benzene rings is 1. The van der Waals surface area contributed by atoms with Crippen LogP contribution in [0.5, 0.6) is 0 Å². The molecule has 0 amide bonds. The number of nitrogens with zero attached hydrogens (tertiary/aromatic N) is 2. The van der Waals surface area contributed by atoms with Crippen LogP contribution >= 0.6 is 12.4 Å². The van der Waals surface area contributed by atoms with E-state index in [0.717, 1.165) is 25.3 Å². The molecule has 0 aliphatic carbocycles. The third-order valence-electron chi connectivity index (χ3n) is 3.83. The van der Waals surface area contributed by atoms with Crippen molar-refractivity contribution in [2.45, 2.75) is 37.1 Å². The smallest absolute Gasteiger partial charge is 0.273 e. The van der Waals surface area contributed by atoms with Gasteiger partial charge in [0.1, 0.15) is 0 Å². The molecule has 0 aromatic heterocycles. The topological polar surface area (TPSA) is 107 Å². The highest BCUT2D eigenvalue weighted by Crippen LogP contribution is 2.28. The van der Waals surface area contributed by atoms with E-state index in [0.29, 0.717) is 12.1 Å². The van der Waals surface area contributed by atoms with E-state index >= 15 is 0 Å². The lowest BCUT2D eigenvalue weighted by atomic mass is 10.1. The number of halogens is 1. The molecule has 1 aliphatic heterocycles. The first-order valence-corrected chi connectivity index (χ1v) is 8.29. The zero-order chi connectivity index (χ0) is 15.6. The number of hydrogen-bond acceptors (Lipinski definition) is 5. The second kappa shape index (κ2) is 7.36. The Morgan fingerprint density at radius 2 is 2.09 bits per heavy atom. The molecule has 0 spiro atoms. The number of sulfonamides is 1. The van der Waals surface area contributed by atoms with Crippen LogP contribution in [0.4, 0.5) is 5.69 Å². The standard InChI is InChI=1S/C13H19N3O4S.ClH/c1-10-5-6-12(8-13(10)16(17)18)21(19,20)15-7-3-2-4-11(15)9-14;/h5-6,8,11H,2-4,7,9,14H2,1H3;1H. The van der Waals surface area contributed by atoms with E-state index in [1.54, 1.807) is 6.92 Å². The van der Waals surface area contributed by atoms with Gasteiger partial charge in [0, 0.05) is 30.8 Å². The maximum Gasteiger partial charge on any atom is 0.273 e. The number of nitro groups is 1. The number of nitrogens with two attached hydrogens (primary N) is 1. The van der Waals surface area contributed by atoms with Gasteiger partial charge in [0.05, 0.1) is 9.82 Å². The molecule has 1 atom stereocenters. The van der Waals surface area contributed by atoms with Crippen molar-refractivity contribution in [1.82, 2.24) is 4.31 Å². The molecular weight excluding hydrogens is 330 g/mol. The molecule has 22 heavy (non-hydrogen) atoms. The van der Waals surface area contributed by atoms with Crippen molar-refractivity contribution < 1.29 is 13.3 Å². The Hall–Kier alpha value is -1.22. The highest BCUT2D eigenvalue weighted by atomic mass is 35.5. The average Bonchev–Trinajstić information content (AvgIpc) is 2.47. The van der Waals surface area contributed by atoms with Crippen molar-refractivity contribution in [3.8, 4) is 0 Å². The molecule has 1 aromatic rings. The summed E-state index contributed by atoms with van der Waals surface area (Å²) in [5.74, 6) is 0. The fraction of sp³-hybridized carbons (Fsp3) is 0.538. The summed E-state index contributed by atoms with van der Waals surface area (Å²) < 4.78 is 26.8. The molecule has 0 saturated carbocycles. The van der Waals surface area contributed by atoms with Crippen LogP contribution in [0.1, 0.15) is 24.8 Å². The highest BCUT2D eigenvalue weighted by molar-refractivity contribution is 7.89. The Morgan fingerprint density at radius 1 is 1.41 bits per heavy atom. The van der Waals surface area contributed by atoms with Crippen LogP contribution in [0, 0.1) is 17.0 Å². The lowest BCUT2D eigenvalue weighted by Gasteiger charge is -2.33. The average molecular weight is 350 g/mol. The monoisotopic (exact) mass is 349 g/mol. The molecule has 9 heteroatoms. The van der Waals surface area contributed by atoms with Gasteiger partial charge >= 0.3 is 0 Å². The van der Waals surface area contributed by atoms with Crippen molar-refractivity contribution in [2.24, 2.45) is 5.73 Å². The largest absolute Gasteiger partial charge is 0.329 e. The van der Waals surface area contributed by atoms with E-state index in [2.05, 4.69) is 0 Å². The summed E-state index contributed by atoms with van der Waals surface area (Å²) in [6, 6.07) is 3.78. The lowest BCUT2D eigenvalue weighted by molar-refractivity contribution is -0.385. The molecule has 1 heterocycles. The van der Waals surface area contributed by atoms with Crippen molar-refractivity contribution in [1.29, 1.82) is 0 Å². The third-order valence-corrected chi connectivity index (χ3v) is 5.78. The van der Waals surface area contributed by atoms with E-state index in [4.69, 9.17) is 5.73 Å². The van der Waals surface area contributed by atoms with Gasteiger partial charge in [-0.25, -0.2) is 8.42 Å². The fourth-order valence-electron chi connectivity index (χ4n) is 2.61. The van der Waals surface area contributed by atoms with Gasteiger partial charge in [-0.2, -0.15) is 4.31 Å². The van der Waals surface area contributed by atoms with E-state index in [9.17, 15) is 18.5 Å². The molecule has 1 aliphatic rings. The van der Waals surface area contributed by atoms with E-state index in [1.165, 1.54) is 16.4 Å². The summed E-state index contributed by atoms with van der Waals surface area (Å²) in [4.78, 5) is 10.4. The first-order valence-electron chi connectivity index (χ1n) is 6.85. The van der Waals surface area contributed by atoms with Gasteiger partial charge in [0.15, 0.2) is 0 Å². The first kappa shape index (κ1) is 18.8. The molecule has 1 fully saturated rings. The number of hydrogen-bond donors (Lipinski definition) is 1. The minimum atomic E-state index is -3.75. The van der Waals surface area contributed by atoms with Crippen molar-refractivity contribution in [2.75, 3.05) is 13.1 Å². The Balaban J connectivity index is 0.00000242. The summed E-state index contributed by atoms with van der Waals surface area (Å²) in [6.07, 6.45) is 2.45. The van der Waals surface area contributed by atoms with Gasteiger partial charge in [-0.3, -0.25) is 10.1 Å². The van der Waals surface area contributed by atoms with Crippen LogP contribution in [-0.4, -0.2) is 36.8 Å². The third kappa shape index (κ3) is 3.57. The van der Waals surface area contributed by atoms with Crippen molar-refractivity contribution in [3.05, 3.63) is 33.9 Å². The Labute approximate surface area is 136 Å². The fourth-order valence-corrected chi connectivity index (χ4v) is 4.33. The summed E-state index contributed by atoms with van der Waals surface area (Å²) in [5.41, 5.74) is 5.91. The van der Waals surface area contributed by atoms with Gasteiger partial charge in [0.2, 0.25) is 10.0 Å². The highest BCUT2D eigenvalue weighted by Gasteiger charge is 2.33. The Bertz CT molecular complexity index is 651. The van der Waals surface area contributed by atoms with Gasteiger partial charge < -0.3 is 5.73 Å². The first-order chi connectivity index (χ1) is 9.87. The molecule has 7 nitrogen and oxygen atoms in total. The lowest BCUT2D eigenvalue weighted by Crippen LogP contribution is -2.47. The zero-order valence-corrected chi connectivity index (χ0v) is 13.9. The summed E-state index contributed by atoms with van der Waals surface area (Å²) in [7, 11) is -3.75. The predicted octanol–water partition coefficient (Wildman–Crippen LogP) is 1.83. The molecule has 1 saturated heterocycles. The van der Waals surface area contributed by atoms with E-state index in [1.807, 2.05) is 0 Å². The van der Waals surface area contributed by atoms with Crippen LogP contribution in [0.15, 0.2) is 23.1 Å². The maximum absolute atomic E-state index is 12.7. The molecular formula is C13H20ClN3O4S. The Kier molecular flexibility index (Phi) is 6.30. The van der Waals surface area contributed by atoms with Crippen LogP contribution in [0.3, 0.4) is 0 Å². The quantitative estimate of drug-likeness (QED) is 0.659. The van der Waals surface area contributed by atoms with Gasteiger partial charge in [0.25, 0.3) is 5.69 Å². The summed E-state index contributed by atoms with van der Waals surface area (Å²) in [6.45, 7) is 2.25. The van der Waals surface area contributed by atoms with Gasteiger partial charge in [-0.05, 0) is 25.8 Å². The summed E-state index contributed by atoms with van der Waals surface area (Å²) >= 11 is 0. The van der Waals surface area contributed by atoms with E-state index < -0.39 is 14.9 Å². The normalized spacial score (nSPS) is 19.5. The van der Waals surface area contributed by atoms with Crippen LogP contribution in [-0.2, 0) is 10.0 Å². The van der Waals surface area contributed by atoms with Gasteiger partial charge in [-0.15, -0.1) is 12.4 Å². The molecule has 0 radical (unpaired) electrons. The second-order valence-electron chi connectivity index (χ2n) is 5.21. The van der Waals surface area contributed by atoms with Crippen LogP contribution in [0.2, 0.25) is 0 Å². The number of nitro benzene ring substituents is 1. The van der Waals surface area contributed by atoms with Crippen LogP contribution in [0.25, 0.3) is 0 Å². The molecule has 1 aromatic carbocycles. The number of rotatable bonds is 4. The number of aryl methyl sites for hydroxylation is 1. The molecule has 2 rings (SSSR count). The van der Waals surface area contributed by atoms with E-state index in [-0.39, 0.29) is 35.6 Å². The molecule has 124 valence electrons. The summed E-state index contributed by atoms with van der Waals surface area (Å²) in [5, 5.41) is 11.0. The predicted molar refractivity (Wildman–Crippen MR) is 85.7 cm³/mol. The number of piperidine rings is 1. The van der Waals surface area contributed by atoms with Crippen molar-refractivity contribution >= 4 is 28.1 Å².